The summed E-state index contributed by atoms with van der Waals surface area (Å²) < 4.78 is 1.04. The third-order valence-corrected chi connectivity index (χ3v) is 2.46. The van der Waals surface area contributed by atoms with Gasteiger partial charge >= 0.3 is 0 Å². The highest BCUT2D eigenvalue weighted by Crippen LogP contribution is 2.10. The third-order valence-electron chi connectivity index (χ3n) is 1.93. The molecule has 1 rings (SSSR count). The van der Waals surface area contributed by atoms with Crippen LogP contribution in [0.3, 0.4) is 0 Å². The number of rotatable bonds is 4. The average molecular weight is 280 g/mol. The second-order valence-electron chi connectivity index (χ2n) is 3.23. The number of hydrogen-bond donors (Lipinski definition) is 1. The zero-order valence-electron chi connectivity index (χ0n) is 9.11. The molecule has 0 heterocycles. The number of halogens is 1. The van der Waals surface area contributed by atoms with Crippen LogP contribution in [0.15, 0.2) is 53.0 Å². The number of hydrogen-bond acceptors (Lipinski definition) is 1. The van der Waals surface area contributed by atoms with Gasteiger partial charge in [0.2, 0.25) is 5.91 Å². The van der Waals surface area contributed by atoms with Gasteiger partial charge in [0.15, 0.2) is 0 Å². The van der Waals surface area contributed by atoms with Crippen LogP contribution in [0.25, 0.3) is 0 Å². The molecule has 1 N–H and O–H groups in total. The summed E-state index contributed by atoms with van der Waals surface area (Å²) in [6, 6.07) is 7.86. The molecule has 0 aliphatic heterocycles. The number of allylic oxidation sites excluding steroid dienone is 3. The Balaban J connectivity index is 2.40. The van der Waals surface area contributed by atoms with Crippen LogP contribution in [0.4, 0.5) is 0 Å². The van der Waals surface area contributed by atoms with E-state index in [0.29, 0.717) is 6.54 Å². The Morgan fingerprint density at radius 3 is 2.62 bits per heavy atom. The van der Waals surface area contributed by atoms with Crippen LogP contribution in [-0.4, -0.2) is 5.91 Å². The Labute approximate surface area is 104 Å². The van der Waals surface area contributed by atoms with E-state index in [9.17, 15) is 4.79 Å². The summed E-state index contributed by atoms with van der Waals surface area (Å²) in [5.74, 6) is -0.0824. The molecule has 0 spiro atoms. The first-order chi connectivity index (χ1) is 7.72. The number of carbonyl (C=O) groups is 1. The van der Waals surface area contributed by atoms with Gasteiger partial charge in [-0.25, -0.2) is 0 Å². The Kier molecular flexibility index (Phi) is 5.57. The van der Waals surface area contributed by atoms with E-state index in [1.807, 2.05) is 43.3 Å². The fourth-order valence-electron chi connectivity index (χ4n) is 1.10. The standard InChI is InChI=1S/C13H14BrNO/c1-2-3-4-5-13(16)15-10-11-6-8-12(14)9-7-11/h2-9H,10H2,1H3,(H,15,16). The van der Waals surface area contributed by atoms with Crippen LogP contribution in [0.2, 0.25) is 0 Å². The largest absolute Gasteiger partial charge is 0.348 e. The molecule has 1 aromatic carbocycles. The van der Waals surface area contributed by atoms with E-state index in [1.54, 1.807) is 6.08 Å². The molecule has 0 bridgehead atoms. The van der Waals surface area contributed by atoms with Crippen molar-refractivity contribution in [2.45, 2.75) is 13.5 Å². The van der Waals surface area contributed by atoms with Crippen molar-refractivity contribution in [3.05, 3.63) is 58.6 Å². The minimum Gasteiger partial charge on any atom is -0.348 e. The summed E-state index contributed by atoms with van der Waals surface area (Å²) in [6.45, 7) is 2.45. The quantitative estimate of drug-likeness (QED) is 0.666. The van der Waals surface area contributed by atoms with Gasteiger partial charge in [0, 0.05) is 17.1 Å². The minimum atomic E-state index is -0.0824. The van der Waals surface area contributed by atoms with Crippen molar-refractivity contribution in [3.8, 4) is 0 Å². The molecular weight excluding hydrogens is 266 g/mol. The lowest BCUT2D eigenvalue weighted by atomic mass is 10.2. The van der Waals surface area contributed by atoms with Gasteiger partial charge in [-0.05, 0) is 24.6 Å². The van der Waals surface area contributed by atoms with Crippen LogP contribution in [0.1, 0.15) is 12.5 Å². The fourth-order valence-corrected chi connectivity index (χ4v) is 1.37. The molecule has 0 saturated carbocycles. The van der Waals surface area contributed by atoms with Crippen LogP contribution >= 0.6 is 15.9 Å². The molecular formula is C13H14BrNO. The lowest BCUT2D eigenvalue weighted by Gasteiger charge is -2.02. The van der Waals surface area contributed by atoms with E-state index in [2.05, 4.69) is 21.2 Å². The molecule has 3 heteroatoms. The summed E-state index contributed by atoms with van der Waals surface area (Å²) in [5, 5.41) is 2.80. The van der Waals surface area contributed by atoms with Gasteiger partial charge in [0.05, 0.1) is 0 Å². The van der Waals surface area contributed by atoms with E-state index < -0.39 is 0 Å². The molecule has 0 aromatic heterocycles. The summed E-state index contributed by atoms with van der Waals surface area (Å²) in [4.78, 5) is 11.3. The predicted octanol–water partition coefficient (Wildman–Crippen LogP) is 3.20. The van der Waals surface area contributed by atoms with Gasteiger partial charge in [-0.1, -0.05) is 46.3 Å². The third kappa shape index (κ3) is 4.94. The van der Waals surface area contributed by atoms with Crippen molar-refractivity contribution in [1.29, 1.82) is 0 Å². The number of carbonyl (C=O) groups excluding carboxylic acids is 1. The highest BCUT2D eigenvalue weighted by molar-refractivity contribution is 9.10. The molecule has 0 radical (unpaired) electrons. The normalized spacial score (nSPS) is 11.1. The van der Waals surface area contributed by atoms with Crippen molar-refractivity contribution in [2.24, 2.45) is 0 Å². The molecule has 0 atom stereocenters. The fraction of sp³-hybridized carbons (Fsp3) is 0.154. The van der Waals surface area contributed by atoms with Crippen molar-refractivity contribution < 1.29 is 4.79 Å². The molecule has 0 unspecified atom stereocenters. The Bertz CT molecular complexity index is 393. The smallest absolute Gasteiger partial charge is 0.244 e. The van der Waals surface area contributed by atoms with E-state index in [0.717, 1.165) is 10.0 Å². The number of benzene rings is 1. The van der Waals surface area contributed by atoms with Crippen molar-refractivity contribution in [3.63, 3.8) is 0 Å². The van der Waals surface area contributed by atoms with Gasteiger partial charge in [-0.15, -0.1) is 0 Å². The maximum Gasteiger partial charge on any atom is 0.244 e. The van der Waals surface area contributed by atoms with Gasteiger partial charge in [0.1, 0.15) is 0 Å². The Morgan fingerprint density at radius 1 is 1.31 bits per heavy atom. The monoisotopic (exact) mass is 279 g/mol. The maximum absolute atomic E-state index is 11.3. The molecule has 1 amide bonds. The van der Waals surface area contributed by atoms with Crippen LogP contribution in [0, 0.1) is 0 Å². The summed E-state index contributed by atoms with van der Waals surface area (Å²) in [6.07, 6.45) is 6.92. The van der Waals surface area contributed by atoms with Crippen molar-refractivity contribution in [2.75, 3.05) is 0 Å². The first-order valence-corrected chi connectivity index (χ1v) is 5.83. The molecule has 0 aliphatic rings. The molecule has 16 heavy (non-hydrogen) atoms. The van der Waals surface area contributed by atoms with Crippen molar-refractivity contribution >= 4 is 21.8 Å². The van der Waals surface area contributed by atoms with Gasteiger partial charge in [0.25, 0.3) is 0 Å². The van der Waals surface area contributed by atoms with Gasteiger partial charge in [-0.2, -0.15) is 0 Å². The minimum absolute atomic E-state index is 0.0824. The van der Waals surface area contributed by atoms with E-state index in [-0.39, 0.29) is 5.91 Å². The number of nitrogens with one attached hydrogen (secondary N) is 1. The zero-order chi connectivity index (χ0) is 11.8. The molecule has 2 nitrogen and oxygen atoms in total. The molecule has 0 saturated heterocycles. The summed E-state index contributed by atoms with van der Waals surface area (Å²) in [5.41, 5.74) is 1.08. The first-order valence-electron chi connectivity index (χ1n) is 5.04. The van der Waals surface area contributed by atoms with E-state index in [1.165, 1.54) is 6.08 Å². The van der Waals surface area contributed by atoms with Crippen LogP contribution in [-0.2, 0) is 11.3 Å². The zero-order valence-corrected chi connectivity index (χ0v) is 10.7. The first kappa shape index (κ1) is 12.7. The predicted molar refractivity (Wildman–Crippen MR) is 69.9 cm³/mol. The lowest BCUT2D eigenvalue weighted by Crippen LogP contribution is -2.20. The molecule has 0 aliphatic carbocycles. The Hall–Kier alpha value is -1.35. The highest BCUT2D eigenvalue weighted by Gasteiger charge is 1.95. The van der Waals surface area contributed by atoms with Crippen molar-refractivity contribution in [1.82, 2.24) is 5.32 Å². The summed E-state index contributed by atoms with van der Waals surface area (Å²) in [7, 11) is 0. The topological polar surface area (TPSA) is 29.1 Å². The van der Waals surface area contributed by atoms with E-state index >= 15 is 0 Å². The second kappa shape index (κ2) is 7.01. The van der Waals surface area contributed by atoms with Crippen LogP contribution in [0.5, 0.6) is 0 Å². The average Bonchev–Trinajstić information content (AvgIpc) is 2.29. The molecule has 1 aromatic rings. The second-order valence-corrected chi connectivity index (χ2v) is 4.14. The van der Waals surface area contributed by atoms with E-state index in [4.69, 9.17) is 0 Å². The summed E-state index contributed by atoms with van der Waals surface area (Å²) >= 11 is 3.36. The molecule has 84 valence electrons. The van der Waals surface area contributed by atoms with Gasteiger partial charge in [-0.3, -0.25) is 4.79 Å². The SMILES string of the molecule is CC=CC=CC(=O)NCc1ccc(Br)cc1. The van der Waals surface area contributed by atoms with Crippen LogP contribution < -0.4 is 5.32 Å². The number of amides is 1. The lowest BCUT2D eigenvalue weighted by molar-refractivity contribution is -0.116. The van der Waals surface area contributed by atoms with Gasteiger partial charge < -0.3 is 5.32 Å². The Morgan fingerprint density at radius 2 is 2.00 bits per heavy atom. The maximum atomic E-state index is 11.3. The highest BCUT2D eigenvalue weighted by atomic mass is 79.9. The molecule has 0 fully saturated rings.